The number of nitrogens with one attached hydrogen (secondary N) is 2. The van der Waals surface area contributed by atoms with Gasteiger partial charge in [0.25, 0.3) is 0 Å². The summed E-state index contributed by atoms with van der Waals surface area (Å²) in [6, 6.07) is 7.45. The molecule has 0 spiro atoms. The highest BCUT2D eigenvalue weighted by Crippen LogP contribution is 2.39. The third kappa shape index (κ3) is 5.88. The second-order valence-electron chi connectivity index (χ2n) is 6.51. The Bertz CT molecular complexity index is 773. The summed E-state index contributed by atoms with van der Waals surface area (Å²) in [5.74, 6) is 1.95. The van der Waals surface area contributed by atoms with E-state index in [2.05, 4.69) is 15.5 Å². The zero-order valence-electron chi connectivity index (χ0n) is 17.0. The van der Waals surface area contributed by atoms with Gasteiger partial charge in [0, 0.05) is 25.2 Å². The molecule has 1 aromatic heterocycles. The molecule has 0 bridgehead atoms. The van der Waals surface area contributed by atoms with Crippen molar-refractivity contribution >= 4 is 17.3 Å². The van der Waals surface area contributed by atoms with Crippen molar-refractivity contribution in [2.45, 2.75) is 20.4 Å². The molecule has 1 aliphatic heterocycles. The molecule has 0 aliphatic carbocycles. The van der Waals surface area contributed by atoms with E-state index < -0.39 is 0 Å². The lowest BCUT2D eigenvalue weighted by atomic mass is 10.2. The number of hydrogen-bond acceptors (Lipinski definition) is 7. The molecule has 2 aromatic rings. The summed E-state index contributed by atoms with van der Waals surface area (Å²) in [7, 11) is 0. The van der Waals surface area contributed by atoms with Crippen molar-refractivity contribution < 1.29 is 23.4 Å². The molecule has 1 amide bonds. The number of carbonyl (C=O) groups is 1. The van der Waals surface area contributed by atoms with Gasteiger partial charge in [0.1, 0.15) is 17.3 Å². The highest BCUT2D eigenvalue weighted by molar-refractivity contribution is 5.94. The van der Waals surface area contributed by atoms with E-state index in [1.165, 1.54) is 0 Å². The molecule has 29 heavy (non-hydrogen) atoms. The molecule has 1 saturated heterocycles. The van der Waals surface area contributed by atoms with Gasteiger partial charge in [-0.25, -0.2) is 0 Å². The van der Waals surface area contributed by atoms with Gasteiger partial charge in [0.2, 0.25) is 5.91 Å². The number of morpholine rings is 1. The number of carbonyl (C=O) groups excluding carboxylic acids is 1. The van der Waals surface area contributed by atoms with Gasteiger partial charge in [-0.2, -0.15) is 0 Å². The fourth-order valence-corrected chi connectivity index (χ4v) is 3.15. The molecule has 3 rings (SSSR count). The van der Waals surface area contributed by atoms with E-state index in [9.17, 15) is 4.79 Å². The Kier molecular flexibility index (Phi) is 7.77. The summed E-state index contributed by atoms with van der Waals surface area (Å²) < 4.78 is 22.4. The first-order valence-corrected chi connectivity index (χ1v) is 10.0. The van der Waals surface area contributed by atoms with Crippen LogP contribution in [0.5, 0.6) is 11.5 Å². The summed E-state index contributed by atoms with van der Waals surface area (Å²) in [6.07, 6.45) is 1.61. The van der Waals surface area contributed by atoms with Gasteiger partial charge in [0.05, 0.1) is 57.2 Å². The van der Waals surface area contributed by atoms with Crippen LogP contribution >= 0.6 is 0 Å². The fraction of sp³-hybridized carbons (Fsp3) is 0.476. The minimum absolute atomic E-state index is 0.154. The first kappa shape index (κ1) is 21.0. The lowest BCUT2D eigenvalue weighted by Crippen LogP contribution is -2.36. The minimum atomic E-state index is -0.168. The van der Waals surface area contributed by atoms with Crippen LogP contribution in [0.25, 0.3) is 0 Å². The average molecular weight is 403 g/mol. The Hall–Kier alpha value is -2.71. The maximum atomic E-state index is 12.4. The summed E-state index contributed by atoms with van der Waals surface area (Å²) in [5.41, 5.74) is 1.55. The number of benzene rings is 1. The third-order valence-electron chi connectivity index (χ3n) is 4.45. The molecule has 0 atom stereocenters. The van der Waals surface area contributed by atoms with Gasteiger partial charge < -0.3 is 34.2 Å². The maximum Gasteiger partial charge on any atom is 0.238 e. The number of amides is 1. The number of rotatable bonds is 10. The van der Waals surface area contributed by atoms with E-state index in [0.29, 0.717) is 44.4 Å². The lowest BCUT2D eigenvalue weighted by molar-refractivity contribution is -0.115. The fourth-order valence-electron chi connectivity index (χ4n) is 3.15. The van der Waals surface area contributed by atoms with E-state index in [0.717, 1.165) is 30.3 Å². The van der Waals surface area contributed by atoms with Crippen LogP contribution in [0.2, 0.25) is 0 Å². The van der Waals surface area contributed by atoms with Crippen molar-refractivity contribution in [2.75, 3.05) is 56.3 Å². The number of anilines is 2. The number of ether oxygens (including phenoxy) is 3. The van der Waals surface area contributed by atoms with Crippen molar-refractivity contribution in [1.29, 1.82) is 0 Å². The molecule has 1 aromatic carbocycles. The largest absolute Gasteiger partial charge is 0.492 e. The van der Waals surface area contributed by atoms with E-state index in [4.69, 9.17) is 18.6 Å². The molecule has 0 unspecified atom stereocenters. The Balaban J connectivity index is 1.73. The van der Waals surface area contributed by atoms with E-state index >= 15 is 0 Å². The molecule has 8 heteroatoms. The van der Waals surface area contributed by atoms with Gasteiger partial charge in [-0.05, 0) is 26.0 Å². The Morgan fingerprint density at radius 1 is 1.14 bits per heavy atom. The highest BCUT2D eigenvalue weighted by Gasteiger charge is 2.20. The first-order valence-electron chi connectivity index (χ1n) is 10.0. The van der Waals surface area contributed by atoms with E-state index in [-0.39, 0.29) is 12.5 Å². The number of furan rings is 1. The summed E-state index contributed by atoms with van der Waals surface area (Å²) >= 11 is 0. The second-order valence-corrected chi connectivity index (χ2v) is 6.51. The van der Waals surface area contributed by atoms with Gasteiger partial charge in [-0.3, -0.25) is 4.79 Å². The molecule has 1 aliphatic rings. The first-order chi connectivity index (χ1) is 14.2. The molecule has 158 valence electrons. The summed E-state index contributed by atoms with van der Waals surface area (Å²) in [4.78, 5) is 14.6. The van der Waals surface area contributed by atoms with Crippen LogP contribution in [0.1, 0.15) is 19.6 Å². The van der Waals surface area contributed by atoms with E-state index in [1.807, 2.05) is 38.1 Å². The number of nitrogens with zero attached hydrogens (tertiary/aromatic N) is 1. The van der Waals surface area contributed by atoms with Gasteiger partial charge in [-0.1, -0.05) is 0 Å². The van der Waals surface area contributed by atoms with Gasteiger partial charge in [0.15, 0.2) is 0 Å². The van der Waals surface area contributed by atoms with Crippen molar-refractivity contribution in [3.63, 3.8) is 0 Å². The van der Waals surface area contributed by atoms with Crippen LogP contribution in [-0.4, -0.2) is 52.0 Å². The third-order valence-corrected chi connectivity index (χ3v) is 4.45. The van der Waals surface area contributed by atoms with Gasteiger partial charge >= 0.3 is 0 Å². The van der Waals surface area contributed by atoms with E-state index in [1.54, 1.807) is 6.26 Å². The second kappa shape index (κ2) is 10.7. The molecular formula is C21H29N3O5. The Morgan fingerprint density at radius 2 is 1.90 bits per heavy atom. The van der Waals surface area contributed by atoms with Crippen molar-refractivity contribution in [2.24, 2.45) is 0 Å². The molecule has 1 fully saturated rings. The summed E-state index contributed by atoms with van der Waals surface area (Å²) in [5, 5.41) is 5.99. The smallest absolute Gasteiger partial charge is 0.238 e. The maximum absolute atomic E-state index is 12.4. The molecule has 0 radical (unpaired) electrons. The van der Waals surface area contributed by atoms with Crippen LogP contribution in [0, 0.1) is 0 Å². The van der Waals surface area contributed by atoms with Crippen molar-refractivity contribution in [1.82, 2.24) is 5.32 Å². The predicted octanol–water partition coefficient (Wildman–Crippen LogP) is 2.64. The van der Waals surface area contributed by atoms with Crippen LogP contribution in [-0.2, 0) is 16.1 Å². The van der Waals surface area contributed by atoms with Crippen molar-refractivity contribution in [3.05, 3.63) is 36.3 Å². The normalized spacial score (nSPS) is 13.9. The molecule has 8 nitrogen and oxygen atoms in total. The van der Waals surface area contributed by atoms with Crippen LogP contribution in [0.3, 0.4) is 0 Å². The van der Waals surface area contributed by atoms with Crippen molar-refractivity contribution in [3.8, 4) is 11.5 Å². The predicted molar refractivity (Wildman–Crippen MR) is 111 cm³/mol. The Morgan fingerprint density at radius 3 is 2.59 bits per heavy atom. The lowest BCUT2D eigenvalue weighted by Gasteiger charge is -2.31. The topological polar surface area (TPSA) is 85.2 Å². The highest BCUT2D eigenvalue weighted by atomic mass is 16.5. The average Bonchev–Trinajstić information content (AvgIpc) is 3.24. The zero-order chi connectivity index (χ0) is 20.5. The molecule has 2 N–H and O–H groups in total. The zero-order valence-corrected chi connectivity index (χ0v) is 17.0. The van der Waals surface area contributed by atoms with Crippen LogP contribution in [0.4, 0.5) is 11.4 Å². The summed E-state index contributed by atoms with van der Waals surface area (Å²) in [6.45, 7) is 8.45. The van der Waals surface area contributed by atoms with Gasteiger partial charge in [-0.15, -0.1) is 0 Å². The monoisotopic (exact) mass is 403 g/mol. The quantitative estimate of drug-likeness (QED) is 0.631. The Labute approximate surface area is 171 Å². The number of hydrogen-bond donors (Lipinski definition) is 2. The standard InChI is InChI=1S/C21H29N3O5/c1-3-27-19-13-18(24-7-10-26-11-8-24)20(28-4-2)12-17(19)23-21(25)15-22-14-16-6-5-9-29-16/h5-6,9,12-13,22H,3-4,7-8,10-11,14-15H2,1-2H3,(H,23,25). The van der Waals surface area contributed by atoms with Crippen LogP contribution in [0.15, 0.2) is 34.9 Å². The SMILES string of the molecule is CCOc1cc(N2CCOCC2)c(OCC)cc1NC(=O)CNCc1ccco1. The van der Waals surface area contributed by atoms with Crippen LogP contribution < -0.4 is 25.0 Å². The molecular weight excluding hydrogens is 374 g/mol. The molecule has 2 heterocycles. The minimum Gasteiger partial charge on any atom is -0.492 e. The molecule has 0 saturated carbocycles.